The number of ether oxygens (including phenoxy) is 2. The number of nitrogens with zero attached hydrogens (tertiary/aromatic N) is 1. The van der Waals surface area contributed by atoms with Crippen molar-refractivity contribution in [3.05, 3.63) is 29.8 Å². The zero-order chi connectivity index (χ0) is 18.1. The minimum absolute atomic E-state index is 0.0403. The maximum absolute atomic E-state index is 12.2. The zero-order valence-corrected chi connectivity index (χ0v) is 15.1. The van der Waals surface area contributed by atoms with Gasteiger partial charge < -0.3 is 19.7 Å². The lowest BCUT2D eigenvalue weighted by Crippen LogP contribution is -2.38. The van der Waals surface area contributed by atoms with E-state index in [1.165, 1.54) is 7.11 Å². The summed E-state index contributed by atoms with van der Waals surface area (Å²) in [6.45, 7) is 5.87. The number of esters is 1. The van der Waals surface area contributed by atoms with E-state index in [2.05, 4.69) is 10.2 Å². The van der Waals surface area contributed by atoms with Crippen LogP contribution in [0.1, 0.15) is 36.5 Å². The fraction of sp³-hybridized carbons (Fsp3) is 0.579. The fourth-order valence-electron chi connectivity index (χ4n) is 3.06. The third kappa shape index (κ3) is 6.05. The molecule has 1 amide bonds. The predicted octanol–water partition coefficient (Wildman–Crippen LogP) is 2.09. The molecular formula is C19H28N2O4. The molecule has 1 aliphatic rings. The number of hydrogen-bond acceptors (Lipinski definition) is 5. The van der Waals surface area contributed by atoms with Crippen LogP contribution in [0.25, 0.3) is 0 Å². The Balaban J connectivity index is 1.65. The van der Waals surface area contributed by atoms with Crippen LogP contribution in [0.2, 0.25) is 0 Å². The van der Waals surface area contributed by atoms with Gasteiger partial charge in [0.05, 0.1) is 19.6 Å². The SMILES string of the molecule is CCOc1cccc(C(=O)NCCCN2CCC(C(=O)OC)CC2)c1. The van der Waals surface area contributed by atoms with Crippen molar-refractivity contribution in [2.24, 2.45) is 5.92 Å². The normalized spacial score (nSPS) is 15.6. The summed E-state index contributed by atoms with van der Waals surface area (Å²) in [4.78, 5) is 26.0. The van der Waals surface area contributed by atoms with Crippen LogP contribution < -0.4 is 10.1 Å². The molecule has 0 saturated carbocycles. The highest BCUT2D eigenvalue weighted by atomic mass is 16.5. The molecule has 0 unspecified atom stereocenters. The molecule has 0 spiro atoms. The van der Waals surface area contributed by atoms with E-state index in [1.54, 1.807) is 12.1 Å². The van der Waals surface area contributed by atoms with Gasteiger partial charge in [-0.2, -0.15) is 0 Å². The average molecular weight is 348 g/mol. The molecule has 1 N–H and O–H groups in total. The lowest BCUT2D eigenvalue weighted by atomic mass is 9.97. The van der Waals surface area contributed by atoms with Crippen molar-refractivity contribution in [3.63, 3.8) is 0 Å². The quantitative estimate of drug-likeness (QED) is 0.575. The van der Waals surface area contributed by atoms with Crippen LogP contribution in [0.4, 0.5) is 0 Å². The van der Waals surface area contributed by atoms with E-state index in [4.69, 9.17) is 9.47 Å². The Morgan fingerprint density at radius 1 is 1.28 bits per heavy atom. The number of hydrogen-bond donors (Lipinski definition) is 1. The third-order valence-electron chi connectivity index (χ3n) is 4.47. The molecule has 25 heavy (non-hydrogen) atoms. The molecule has 1 aromatic carbocycles. The Labute approximate surface area is 149 Å². The van der Waals surface area contributed by atoms with Gasteiger partial charge in [0, 0.05) is 12.1 Å². The van der Waals surface area contributed by atoms with Crippen LogP contribution in [0.5, 0.6) is 5.75 Å². The standard InChI is InChI=1S/C19H28N2O4/c1-3-25-17-7-4-6-16(14-17)18(22)20-10-5-11-21-12-8-15(9-13-21)19(23)24-2/h4,6-7,14-15H,3,5,8-13H2,1-2H3,(H,20,22). The zero-order valence-electron chi connectivity index (χ0n) is 15.1. The summed E-state index contributed by atoms with van der Waals surface area (Å²) in [6.07, 6.45) is 2.59. The molecular weight excluding hydrogens is 320 g/mol. The first-order valence-electron chi connectivity index (χ1n) is 8.95. The highest BCUT2D eigenvalue weighted by Crippen LogP contribution is 2.18. The van der Waals surface area contributed by atoms with Crippen LogP contribution in [-0.2, 0) is 9.53 Å². The summed E-state index contributed by atoms with van der Waals surface area (Å²) >= 11 is 0. The molecule has 0 aliphatic carbocycles. The first kappa shape index (κ1) is 19.2. The van der Waals surface area contributed by atoms with Crippen molar-refractivity contribution >= 4 is 11.9 Å². The second kappa shape index (κ2) is 10.0. The predicted molar refractivity (Wildman–Crippen MR) is 95.7 cm³/mol. The number of amides is 1. The second-order valence-electron chi connectivity index (χ2n) is 6.21. The largest absolute Gasteiger partial charge is 0.494 e. The van der Waals surface area contributed by atoms with E-state index in [-0.39, 0.29) is 17.8 Å². The minimum Gasteiger partial charge on any atom is -0.494 e. The van der Waals surface area contributed by atoms with Gasteiger partial charge in [0.15, 0.2) is 0 Å². The number of nitrogens with one attached hydrogen (secondary N) is 1. The molecule has 0 aromatic heterocycles. The third-order valence-corrected chi connectivity index (χ3v) is 4.47. The Morgan fingerprint density at radius 3 is 2.72 bits per heavy atom. The Hall–Kier alpha value is -2.08. The highest BCUT2D eigenvalue weighted by Gasteiger charge is 2.25. The van der Waals surface area contributed by atoms with Crippen molar-refractivity contribution < 1.29 is 19.1 Å². The lowest BCUT2D eigenvalue weighted by molar-refractivity contribution is -0.147. The molecule has 1 heterocycles. The van der Waals surface area contributed by atoms with Crippen molar-refractivity contribution in [1.29, 1.82) is 0 Å². The van der Waals surface area contributed by atoms with Gasteiger partial charge in [0.2, 0.25) is 0 Å². The van der Waals surface area contributed by atoms with E-state index in [1.807, 2.05) is 19.1 Å². The summed E-state index contributed by atoms with van der Waals surface area (Å²) < 4.78 is 10.2. The number of piperidine rings is 1. The summed E-state index contributed by atoms with van der Waals surface area (Å²) in [7, 11) is 1.45. The molecule has 1 saturated heterocycles. The molecule has 1 fully saturated rings. The van der Waals surface area contributed by atoms with E-state index >= 15 is 0 Å². The van der Waals surface area contributed by atoms with Crippen LogP contribution in [0.15, 0.2) is 24.3 Å². The molecule has 6 nitrogen and oxygen atoms in total. The fourth-order valence-corrected chi connectivity index (χ4v) is 3.06. The van der Waals surface area contributed by atoms with Gasteiger partial charge in [-0.25, -0.2) is 0 Å². The number of carbonyl (C=O) groups is 2. The highest BCUT2D eigenvalue weighted by molar-refractivity contribution is 5.94. The maximum Gasteiger partial charge on any atom is 0.308 e. The van der Waals surface area contributed by atoms with Crippen LogP contribution in [-0.4, -0.2) is 56.7 Å². The van der Waals surface area contributed by atoms with Crippen molar-refractivity contribution in [3.8, 4) is 5.75 Å². The molecule has 6 heteroatoms. The van der Waals surface area contributed by atoms with E-state index < -0.39 is 0 Å². The average Bonchev–Trinajstić information content (AvgIpc) is 2.65. The molecule has 138 valence electrons. The van der Waals surface area contributed by atoms with Gasteiger partial charge in [-0.15, -0.1) is 0 Å². The van der Waals surface area contributed by atoms with Gasteiger partial charge in [0.25, 0.3) is 5.91 Å². The van der Waals surface area contributed by atoms with Crippen molar-refractivity contribution in [1.82, 2.24) is 10.2 Å². The Kier molecular flexibility index (Phi) is 7.73. The molecule has 1 aromatic rings. The summed E-state index contributed by atoms with van der Waals surface area (Å²) in [5, 5.41) is 2.95. The monoisotopic (exact) mass is 348 g/mol. The van der Waals surface area contributed by atoms with E-state index in [9.17, 15) is 9.59 Å². The number of rotatable bonds is 8. The first-order valence-corrected chi connectivity index (χ1v) is 8.95. The van der Waals surface area contributed by atoms with E-state index in [0.29, 0.717) is 24.5 Å². The first-order chi connectivity index (χ1) is 12.1. The van der Waals surface area contributed by atoms with E-state index in [0.717, 1.165) is 38.9 Å². The van der Waals surface area contributed by atoms with Gasteiger partial charge >= 0.3 is 5.97 Å². The van der Waals surface area contributed by atoms with Crippen LogP contribution >= 0.6 is 0 Å². The second-order valence-corrected chi connectivity index (χ2v) is 6.21. The summed E-state index contributed by atoms with van der Waals surface area (Å²) in [5.74, 6) is 0.578. The van der Waals surface area contributed by atoms with Gasteiger partial charge in [-0.1, -0.05) is 6.07 Å². The minimum atomic E-state index is -0.0961. The Bertz CT molecular complexity index is 568. The number of methoxy groups -OCH3 is 1. The van der Waals surface area contributed by atoms with Crippen molar-refractivity contribution in [2.45, 2.75) is 26.2 Å². The maximum atomic E-state index is 12.2. The molecule has 0 atom stereocenters. The number of likely N-dealkylation sites (tertiary alicyclic amines) is 1. The van der Waals surface area contributed by atoms with Crippen LogP contribution in [0, 0.1) is 5.92 Å². The molecule has 2 rings (SSSR count). The number of benzene rings is 1. The molecule has 1 aliphatic heterocycles. The Morgan fingerprint density at radius 2 is 2.04 bits per heavy atom. The topological polar surface area (TPSA) is 67.9 Å². The molecule has 0 radical (unpaired) electrons. The van der Waals surface area contributed by atoms with Crippen LogP contribution in [0.3, 0.4) is 0 Å². The van der Waals surface area contributed by atoms with Gasteiger partial charge in [0.1, 0.15) is 5.75 Å². The summed E-state index contributed by atoms with van der Waals surface area (Å²) in [6, 6.07) is 7.22. The van der Waals surface area contributed by atoms with Gasteiger partial charge in [-0.05, 0) is 64.0 Å². The number of carbonyl (C=O) groups excluding carboxylic acids is 2. The smallest absolute Gasteiger partial charge is 0.308 e. The van der Waals surface area contributed by atoms with Gasteiger partial charge in [-0.3, -0.25) is 9.59 Å². The lowest BCUT2D eigenvalue weighted by Gasteiger charge is -2.30. The van der Waals surface area contributed by atoms with Crippen molar-refractivity contribution in [2.75, 3.05) is 39.9 Å². The molecule has 0 bridgehead atoms. The summed E-state index contributed by atoms with van der Waals surface area (Å²) in [5.41, 5.74) is 0.616.